The number of aryl methyl sites for hydroxylation is 2. The molecule has 1 unspecified atom stereocenters. The van der Waals surface area contributed by atoms with Gasteiger partial charge >= 0.3 is 0 Å². The molecule has 3 aromatic carbocycles. The van der Waals surface area contributed by atoms with Crippen LogP contribution in [0.2, 0.25) is 0 Å². The standard InChI is InChI=1S/C26H20BrNO4/c1-14-4-8-18(12-15(14)2)28-23(16-5-9-19(31-3)10-6-16)22-24(29)20-13-17(27)7-11-21(20)32-25(22)26(28)30/h4-13,23H,1-3H3. The largest absolute Gasteiger partial charge is 0.497 e. The van der Waals surface area contributed by atoms with Crippen LogP contribution < -0.4 is 15.1 Å². The number of carbonyl (C=O) groups excluding carboxylic acids is 1. The number of carbonyl (C=O) groups is 1. The third-order valence-corrected chi connectivity index (χ3v) is 6.53. The summed E-state index contributed by atoms with van der Waals surface area (Å²) in [6, 6.07) is 17.9. The van der Waals surface area contributed by atoms with E-state index in [9.17, 15) is 9.59 Å². The maximum atomic E-state index is 13.6. The van der Waals surface area contributed by atoms with Crippen LogP contribution in [0, 0.1) is 13.8 Å². The SMILES string of the molecule is COc1ccc(C2c3c(oc4ccc(Br)cc4c3=O)C(=O)N2c2ccc(C)c(C)c2)cc1. The van der Waals surface area contributed by atoms with Gasteiger partial charge in [-0.1, -0.05) is 34.1 Å². The first kappa shape index (κ1) is 20.5. The minimum Gasteiger partial charge on any atom is -0.497 e. The molecule has 160 valence electrons. The van der Waals surface area contributed by atoms with Crippen LogP contribution in [-0.4, -0.2) is 13.0 Å². The first-order valence-electron chi connectivity index (χ1n) is 10.2. The Morgan fingerprint density at radius 1 is 0.938 bits per heavy atom. The second-order valence-corrected chi connectivity index (χ2v) is 8.85. The molecule has 1 aliphatic rings. The van der Waals surface area contributed by atoms with Crippen LogP contribution in [0.25, 0.3) is 11.0 Å². The Kier molecular flexibility index (Phi) is 4.90. The quantitative estimate of drug-likeness (QED) is 0.357. The molecule has 1 amide bonds. The van der Waals surface area contributed by atoms with E-state index in [2.05, 4.69) is 15.9 Å². The normalized spacial score (nSPS) is 15.3. The number of hydrogen-bond acceptors (Lipinski definition) is 4. The van der Waals surface area contributed by atoms with Crippen molar-refractivity contribution in [3.63, 3.8) is 0 Å². The van der Waals surface area contributed by atoms with Crippen molar-refractivity contribution >= 4 is 38.5 Å². The van der Waals surface area contributed by atoms with Crippen LogP contribution >= 0.6 is 15.9 Å². The van der Waals surface area contributed by atoms with Crippen molar-refractivity contribution in [3.05, 3.63) is 103 Å². The highest BCUT2D eigenvalue weighted by Crippen LogP contribution is 2.42. The van der Waals surface area contributed by atoms with E-state index in [1.807, 2.05) is 56.3 Å². The zero-order chi connectivity index (χ0) is 22.6. The maximum absolute atomic E-state index is 13.6. The lowest BCUT2D eigenvalue weighted by atomic mass is 9.98. The predicted molar refractivity (Wildman–Crippen MR) is 128 cm³/mol. The Balaban J connectivity index is 1.80. The lowest BCUT2D eigenvalue weighted by molar-refractivity contribution is 0.0971. The summed E-state index contributed by atoms with van der Waals surface area (Å²) in [6.45, 7) is 4.03. The summed E-state index contributed by atoms with van der Waals surface area (Å²) in [6.07, 6.45) is 0. The molecule has 0 bridgehead atoms. The van der Waals surface area contributed by atoms with E-state index >= 15 is 0 Å². The molecule has 6 heteroatoms. The molecule has 5 nitrogen and oxygen atoms in total. The third-order valence-electron chi connectivity index (χ3n) is 6.03. The monoisotopic (exact) mass is 489 g/mol. The molecule has 0 fully saturated rings. The summed E-state index contributed by atoms with van der Waals surface area (Å²) in [5.41, 5.74) is 4.25. The number of methoxy groups -OCH3 is 1. The lowest BCUT2D eigenvalue weighted by Gasteiger charge is -2.26. The first-order valence-corrected chi connectivity index (χ1v) is 11.0. The Labute approximate surface area is 193 Å². The van der Waals surface area contributed by atoms with Crippen molar-refractivity contribution in [2.24, 2.45) is 0 Å². The first-order chi connectivity index (χ1) is 15.4. The fraction of sp³-hybridized carbons (Fsp3) is 0.154. The smallest absolute Gasteiger partial charge is 0.295 e. The fourth-order valence-electron chi connectivity index (χ4n) is 4.19. The summed E-state index contributed by atoms with van der Waals surface area (Å²) in [7, 11) is 1.60. The van der Waals surface area contributed by atoms with Crippen LogP contribution in [0.3, 0.4) is 0 Å². The minimum atomic E-state index is -0.606. The summed E-state index contributed by atoms with van der Waals surface area (Å²) < 4.78 is 12.1. The second kappa shape index (κ2) is 7.64. The minimum absolute atomic E-state index is 0.0869. The van der Waals surface area contributed by atoms with Crippen LogP contribution in [0.4, 0.5) is 5.69 Å². The number of benzene rings is 3. The molecule has 0 saturated carbocycles. The van der Waals surface area contributed by atoms with Gasteiger partial charge in [0.25, 0.3) is 5.91 Å². The molecule has 0 saturated heterocycles. The van der Waals surface area contributed by atoms with Gasteiger partial charge in [0.2, 0.25) is 5.76 Å². The van der Waals surface area contributed by atoms with E-state index in [1.54, 1.807) is 30.2 Å². The Hall–Kier alpha value is -3.38. The Bertz CT molecular complexity index is 1440. The van der Waals surface area contributed by atoms with Gasteiger partial charge in [-0.25, -0.2) is 0 Å². The van der Waals surface area contributed by atoms with Crippen LogP contribution in [0.5, 0.6) is 5.75 Å². The molecular weight excluding hydrogens is 470 g/mol. The van der Waals surface area contributed by atoms with Gasteiger partial charge in [0.1, 0.15) is 11.3 Å². The molecule has 0 radical (unpaired) electrons. The van der Waals surface area contributed by atoms with E-state index in [-0.39, 0.29) is 17.1 Å². The molecule has 2 heterocycles. The van der Waals surface area contributed by atoms with Crippen molar-refractivity contribution in [1.82, 2.24) is 0 Å². The van der Waals surface area contributed by atoms with Gasteiger partial charge in [0.15, 0.2) is 5.43 Å². The van der Waals surface area contributed by atoms with Crippen LogP contribution in [0.1, 0.15) is 38.9 Å². The Morgan fingerprint density at radius 2 is 1.69 bits per heavy atom. The summed E-state index contributed by atoms with van der Waals surface area (Å²) >= 11 is 3.43. The lowest BCUT2D eigenvalue weighted by Crippen LogP contribution is -2.29. The average Bonchev–Trinajstić information content (AvgIpc) is 3.09. The van der Waals surface area contributed by atoms with Gasteiger partial charge in [-0.15, -0.1) is 0 Å². The zero-order valence-electron chi connectivity index (χ0n) is 17.8. The molecule has 0 N–H and O–H groups in total. The number of ether oxygens (including phenoxy) is 1. The molecule has 5 rings (SSSR count). The van der Waals surface area contributed by atoms with Crippen molar-refractivity contribution in [2.45, 2.75) is 19.9 Å². The molecule has 1 aliphatic heterocycles. The summed E-state index contributed by atoms with van der Waals surface area (Å²) in [5, 5.41) is 0.436. The number of nitrogens with zero attached hydrogens (tertiary/aromatic N) is 1. The highest BCUT2D eigenvalue weighted by molar-refractivity contribution is 9.10. The highest BCUT2D eigenvalue weighted by atomic mass is 79.9. The van der Waals surface area contributed by atoms with E-state index in [1.165, 1.54) is 0 Å². The van der Waals surface area contributed by atoms with E-state index in [4.69, 9.17) is 9.15 Å². The summed E-state index contributed by atoms with van der Waals surface area (Å²) in [4.78, 5) is 28.9. The molecular formula is C26H20BrNO4. The Morgan fingerprint density at radius 3 is 2.38 bits per heavy atom. The molecule has 32 heavy (non-hydrogen) atoms. The van der Waals surface area contributed by atoms with Crippen LogP contribution in [-0.2, 0) is 0 Å². The van der Waals surface area contributed by atoms with Crippen molar-refractivity contribution in [2.75, 3.05) is 12.0 Å². The maximum Gasteiger partial charge on any atom is 0.295 e. The van der Waals surface area contributed by atoms with Gasteiger partial charge in [-0.3, -0.25) is 14.5 Å². The van der Waals surface area contributed by atoms with E-state index in [0.29, 0.717) is 22.3 Å². The van der Waals surface area contributed by atoms with Gasteiger partial charge < -0.3 is 9.15 Å². The van der Waals surface area contributed by atoms with Crippen molar-refractivity contribution in [3.8, 4) is 5.75 Å². The van der Waals surface area contributed by atoms with Crippen molar-refractivity contribution in [1.29, 1.82) is 0 Å². The summed E-state index contributed by atoms with van der Waals surface area (Å²) in [5.74, 6) is 0.459. The molecule has 4 aromatic rings. The van der Waals surface area contributed by atoms with Crippen molar-refractivity contribution < 1.29 is 13.9 Å². The van der Waals surface area contributed by atoms with E-state index < -0.39 is 6.04 Å². The van der Waals surface area contributed by atoms with Gasteiger partial charge in [-0.05, 0) is 73.0 Å². The topological polar surface area (TPSA) is 59.8 Å². The number of fused-ring (bicyclic) bond motifs is 2. The second-order valence-electron chi connectivity index (χ2n) is 7.93. The van der Waals surface area contributed by atoms with Crippen LogP contribution in [0.15, 0.2) is 74.3 Å². The molecule has 0 spiro atoms. The number of amides is 1. The molecule has 1 atom stereocenters. The number of anilines is 1. The predicted octanol–water partition coefficient (Wildman–Crippen LogP) is 5.93. The number of halogens is 1. The zero-order valence-corrected chi connectivity index (χ0v) is 19.4. The van der Waals surface area contributed by atoms with Gasteiger partial charge in [-0.2, -0.15) is 0 Å². The number of hydrogen-bond donors (Lipinski definition) is 0. The highest BCUT2D eigenvalue weighted by Gasteiger charge is 2.43. The molecule has 0 aliphatic carbocycles. The molecule has 1 aromatic heterocycles. The van der Waals surface area contributed by atoms with Gasteiger partial charge in [0.05, 0.1) is 24.1 Å². The van der Waals surface area contributed by atoms with E-state index in [0.717, 1.165) is 26.9 Å². The number of rotatable bonds is 3. The third kappa shape index (κ3) is 3.14. The average molecular weight is 490 g/mol. The fourth-order valence-corrected chi connectivity index (χ4v) is 4.55. The van der Waals surface area contributed by atoms with Gasteiger partial charge in [0, 0.05) is 10.2 Å².